The number of aromatic nitrogens is 4. The summed E-state index contributed by atoms with van der Waals surface area (Å²) in [7, 11) is 0. The number of aryl methyl sites for hydroxylation is 1. The Hall–Kier alpha value is -3.85. The van der Waals surface area contributed by atoms with Gasteiger partial charge in [0.1, 0.15) is 16.8 Å². The zero-order valence-corrected chi connectivity index (χ0v) is 18.2. The van der Waals surface area contributed by atoms with Crippen molar-refractivity contribution >= 4 is 22.6 Å². The van der Waals surface area contributed by atoms with E-state index in [4.69, 9.17) is 15.1 Å². The van der Waals surface area contributed by atoms with E-state index in [1.807, 2.05) is 25.1 Å². The molecule has 1 aliphatic heterocycles. The molecule has 1 saturated heterocycles. The van der Waals surface area contributed by atoms with Crippen LogP contribution in [0.3, 0.4) is 0 Å². The van der Waals surface area contributed by atoms with E-state index in [0.717, 1.165) is 24.0 Å². The Kier molecular flexibility index (Phi) is 5.47. The Morgan fingerprint density at radius 1 is 1.27 bits per heavy atom. The van der Waals surface area contributed by atoms with Crippen molar-refractivity contribution in [1.29, 1.82) is 5.41 Å². The standard InChI is InChI=1S/C24H24N6O3/c1-15-4-2-10-29-21(15)28-22-19(24(29)32)12-18(23(31)27-13-17-5-3-11-33-17)20(25)30(22)14-16-6-8-26-9-7-16/h2,4,6-10,12,17,25H,3,5,11,13-14H2,1H3,(H,27,31). The maximum absolute atomic E-state index is 13.4. The highest BCUT2D eigenvalue weighted by Crippen LogP contribution is 2.15. The lowest BCUT2D eigenvalue weighted by atomic mass is 10.1. The first-order chi connectivity index (χ1) is 16.0. The first kappa shape index (κ1) is 21.0. The van der Waals surface area contributed by atoms with Gasteiger partial charge in [-0.15, -0.1) is 0 Å². The SMILES string of the molecule is Cc1cccn2c(=O)c3cc(C(=O)NCC4CCCO4)c(=N)n(Cc4ccncc4)c3nc12. The molecule has 1 atom stereocenters. The molecule has 4 aromatic heterocycles. The predicted molar refractivity (Wildman–Crippen MR) is 122 cm³/mol. The molecule has 0 aromatic carbocycles. The highest BCUT2D eigenvalue weighted by molar-refractivity contribution is 5.96. The van der Waals surface area contributed by atoms with E-state index in [1.165, 1.54) is 10.5 Å². The van der Waals surface area contributed by atoms with Gasteiger partial charge in [0.05, 0.1) is 23.6 Å². The van der Waals surface area contributed by atoms with Gasteiger partial charge >= 0.3 is 0 Å². The van der Waals surface area contributed by atoms with E-state index in [0.29, 0.717) is 24.4 Å². The summed E-state index contributed by atoms with van der Waals surface area (Å²) in [5.41, 5.74) is 2.45. The number of rotatable bonds is 5. The highest BCUT2D eigenvalue weighted by atomic mass is 16.5. The number of hydrogen-bond acceptors (Lipinski definition) is 6. The summed E-state index contributed by atoms with van der Waals surface area (Å²) >= 11 is 0. The zero-order chi connectivity index (χ0) is 22.9. The second-order valence-electron chi connectivity index (χ2n) is 8.23. The van der Waals surface area contributed by atoms with Gasteiger partial charge in [-0.2, -0.15) is 0 Å². The number of carbonyl (C=O) groups is 1. The molecule has 4 aromatic rings. The molecule has 2 N–H and O–H groups in total. The Labute approximate surface area is 189 Å². The van der Waals surface area contributed by atoms with Crippen LogP contribution in [0.15, 0.2) is 53.7 Å². The molecule has 5 heterocycles. The van der Waals surface area contributed by atoms with Gasteiger partial charge in [-0.3, -0.25) is 24.4 Å². The Balaban J connectivity index is 1.69. The third-order valence-corrected chi connectivity index (χ3v) is 5.98. The first-order valence-corrected chi connectivity index (χ1v) is 10.9. The lowest BCUT2D eigenvalue weighted by Crippen LogP contribution is -2.38. The van der Waals surface area contributed by atoms with Gasteiger partial charge < -0.3 is 14.6 Å². The van der Waals surface area contributed by atoms with Gasteiger partial charge in [0.2, 0.25) is 0 Å². The number of nitrogens with zero attached hydrogens (tertiary/aromatic N) is 4. The van der Waals surface area contributed by atoms with Crippen LogP contribution in [-0.2, 0) is 11.3 Å². The van der Waals surface area contributed by atoms with Crippen molar-refractivity contribution in [1.82, 2.24) is 24.3 Å². The molecule has 5 rings (SSSR count). The molecule has 1 unspecified atom stereocenters. The van der Waals surface area contributed by atoms with E-state index < -0.39 is 5.91 Å². The molecule has 9 heteroatoms. The lowest BCUT2D eigenvalue weighted by molar-refractivity contribution is 0.0856. The molecule has 1 fully saturated rings. The van der Waals surface area contributed by atoms with Gasteiger partial charge in [0.25, 0.3) is 11.5 Å². The highest BCUT2D eigenvalue weighted by Gasteiger charge is 2.20. The smallest absolute Gasteiger partial charge is 0.267 e. The summed E-state index contributed by atoms with van der Waals surface area (Å²) in [6.45, 7) is 3.23. The van der Waals surface area contributed by atoms with Gasteiger partial charge in [0, 0.05) is 31.7 Å². The van der Waals surface area contributed by atoms with Crippen molar-refractivity contribution in [3.05, 3.63) is 81.5 Å². The fourth-order valence-corrected chi connectivity index (χ4v) is 4.20. The van der Waals surface area contributed by atoms with Gasteiger partial charge in [-0.05, 0) is 55.2 Å². The molecule has 0 bridgehead atoms. The van der Waals surface area contributed by atoms with E-state index in [-0.39, 0.29) is 34.6 Å². The average Bonchev–Trinajstić information content (AvgIpc) is 3.35. The van der Waals surface area contributed by atoms with Crippen LogP contribution in [0.25, 0.3) is 16.7 Å². The number of pyridine rings is 3. The summed E-state index contributed by atoms with van der Waals surface area (Å²) in [5, 5.41) is 12.0. The minimum Gasteiger partial charge on any atom is -0.376 e. The van der Waals surface area contributed by atoms with Crippen LogP contribution >= 0.6 is 0 Å². The van der Waals surface area contributed by atoms with Crippen molar-refractivity contribution in [2.24, 2.45) is 0 Å². The maximum atomic E-state index is 13.4. The number of ether oxygens (including phenoxy) is 1. The normalized spacial score (nSPS) is 15.8. The van der Waals surface area contributed by atoms with Crippen molar-refractivity contribution in [3.63, 3.8) is 0 Å². The number of hydrogen-bond donors (Lipinski definition) is 2. The van der Waals surface area contributed by atoms with Crippen molar-refractivity contribution < 1.29 is 9.53 Å². The zero-order valence-electron chi connectivity index (χ0n) is 18.2. The largest absolute Gasteiger partial charge is 0.376 e. The van der Waals surface area contributed by atoms with Crippen molar-refractivity contribution in [2.75, 3.05) is 13.2 Å². The quantitative estimate of drug-likeness (QED) is 0.456. The van der Waals surface area contributed by atoms with Crippen LogP contribution in [0.2, 0.25) is 0 Å². The Morgan fingerprint density at radius 2 is 2.09 bits per heavy atom. The van der Waals surface area contributed by atoms with E-state index in [2.05, 4.69) is 10.3 Å². The fraction of sp³-hybridized carbons (Fsp3) is 0.292. The van der Waals surface area contributed by atoms with Crippen LogP contribution in [0.4, 0.5) is 0 Å². The summed E-state index contributed by atoms with van der Waals surface area (Å²) in [6, 6.07) is 8.82. The molecule has 0 radical (unpaired) electrons. The number of carbonyl (C=O) groups excluding carboxylic acids is 1. The van der Waals surface area contributed by atoms with E-state index >= 15 is 0 Å². The molecule has 0 spiro atoms. The van der Waals surface area contributed by atoms with Crippen LogP contribution in [0.5, 0.6) is 0 Å². The first-order valence-electron chi connectivity index (χ1n) is 10.9. The van der Waals surface area contributed by atoms with Gasteiger partial charge in [0.15, 0.2) is 0 Å². The summed E-state index contributed by atoms with van der Waals surface area (Å²) in [6.07, 6.45) is 6.84. The molecule has 0 saturated carbocycles. The minimum absolute atomic E-state index is 0.00557. The number of nitrogens with one attached hydrogen (secondary N) is 2. The predicted octanol–water partition coefficient (Wildman–Crippen LogP) is 1.79. The number of amides is 1. The molecule has 168 valence electrons. The van der Waals surface area contributed by atoms with Crippen LogP contribution < -0.4 is 16.4 Å². The van der Waals surface area contributed by atoms with Crippen LogP contribution in [0.1, 0.15) is 34.3 Å². The fourth-order valence-electron chi connectivity index (χ4n) is 4.20. The summed E-state index contributed by atoms with van der Waals surface area (Å²) in [4.78, 5) is 35.2. The molecule has 0 aliphatic carbocycles. The number of fused-ring (bicyclic) bond motifs is 2. The van der Waals surface area contributed by atoms with Gasteiger partial charge in [-0.1, -0.05) is 6.07 Å². The molecule has 33 heavy (non-hydrogen) atoms. The van der Waals surface area contributed by atoms with Crippen molar-refractivity contribution in [2.45, 2.75) is 32.4 Å². The topological polar surface area (TPSA) is 114 Å². The van der Waals surface area contributed by atoms with E-state index in [1.54, 1.807) is 29.2 Å². The second kappa shape index (κ2) is 8.59. The van der Waals surface area contributed by atoms with Crippen LogP contribution in [0, 0.1) is 12.3 Å². The third-order valence-electron chi connectivity index (χ3n) is 5.98. The Morgan fingerprint density at radius 3 is 2.85 bits per heavy atom. The maximum Gasteiger partial charge on any atom is 0.267 e. The minimum atomic E-state index is -0.408. The summed E-state index contributed by atoms with van der Waals surface area (Å²) < 4.78 is 8.67. The van der Waals surface area contributed by atoms with Crippen LogP contribution in [-0.4, -0.2) is 44.1 Å². The molecule has 1 aliphatic rings. The average molecular weight is 444 g/mol. The molecular weight excluding hydrogens is 420 g/mol. The van der Waals surface area contributed by atoms with E-state index in [9.17, 15) is 9.59 Å². The summed E-state index contributed by atoms with van der Waals surface area (Å²) in [5.74, 6) is -0.408. The molecular formula is C24H24N6O3. The lowest BCUT2D eigenvalue weighted by Gasteiger charge is -2.16. The van der Waals surface area contributed by atoms with Gasteiger partial charge in [-0.25, -0.2) is 4.98 Å². The molecule has 1 amide bonds. The molecule has 9 nitrogen and oxygen atoms in total. The second-order valence-corrected chi connectivity index (χ2v) is 8.23. The third kappa shape index (κ3) is 3.91. The monoisotopic (exact) mass is 444 g/mol. The van der Waals surface area contributed by atoms with Crippen molar-refractivity contribution in [3.8, 4) is 0 Å². The Bertz CT molecular complexity index is 1470.